The van der Waals surface area contributed by atoms with Gasteiger partial charge in [-0.2, -0.15) is 0 Å². The number of hydrogen-bond donors (Lipinski definition) is 1. The summed E-state index contributed by atoms with van der Waals surface area (Å²) >= 11 is 3.43. The summed E-state index contributed by atoms with van der Waals surface area (Å²) in [5.41, 5.74) is 0. The van der Waals surface area contributed by atoms with Gasteiger partial charge in [-0.1, -0.05) is 12.1 Å². The molecule has 0 aliphatic rings. The number of rotatable bonds is 7. The Morgan fingerprint density at radius 2 is 1.74 bits per heavy atom. The van der Waals surface area contributed by atoms with E-state index in [9.17, 15) is 5.11 Å². The fourth-order valence-electron chi connectivity index (χ4n) is 2.06. The molecule has 1 atom stereocenters. The highest BCUT2D eigenvalue weighted by Gasteiger charge is 2.18. The quantitative estimate of drug-likeness (QED) is 0.833. The van der Waals surface area contributed by atoms with Gasteiger partial charge < -0.3 is 9.84 Å². The molecule has 0 heterocycles. The maximum Gasteiger partial charge on any atom is 0.133 e. The molecule has 0 saturated heterocycles. The molecule has 1 aromatic carbocycles. The van der Waals surface area contributed by atoms with Gasteiger partial charge in [0.1, 0.15) is 18.5 Å². The first-order valence-corrected chi connectivity index (χ1v) is 7.52. The maximum absolute atomic E-state index is 10.1. The lowest BCUT2D eigenvalue weighted by atomic mass is 10.2. The number of para-hydroxylation sites is 1. The molecule has 0 saturated carbocycles. The van der Waals surface area contributed by atoms with Crippen LogP contribution in [0.5, 0.6) is 5.75 Å². The van der Waals surface area contributed by atoms with E-state index in [1.807, 2.05) is 24.3 Å². The van der Waals surface area contributed by atoms with Crippen molar-refractivity contribution in [2.75, 3.05) is 13.2 Å². The van der Waals surface area contributed by atoms with Crippen LogP contribution in [-0.4, -0.2) is 41.3 Å². The maximum atomic E-state index is 10.1. The Morgan fingerprint density at radius 3 is 2.26 bits per heavy atom. The van der Waals surface area contributed by atoms with Crippen molar-refractivity contribution in [3.63, 3.8) is 0 Å². The average molecular weight is 330 g/mol. The summed E-state index contributed by atoms with van der Waals surface area (Å²) in [6.07, 6.45) is -0.489. The predicted octanol–water partition coefficient (Wildman–Crippen LogP) is 3.31. The molecule has 1 N–H and O–H groups in total. The van der Waals surface area contributed by atoms with Crippen LogP contribution in [0.15, 0.2) is 28.7 Å². The zero-order valence-electron chi connectivity index (χ0n) is 12.1. The normalized spacial score (nSPS) is 13.3. The van der Waals surface area contributed by atoms with Crippen molar-refractivity contribution in [1.82, 2.24) is 4.90 Å². The van der Waals surface area contributed by atoms with Crippen LogP contribution in [0, 0.1) is 0 Å². The first kappa shape index (κ1) is 16.5. The van der Waals surface area contributed by atoms with Crippen LogP contribution < -0.4 is 4.74 Å². The molecule has 0 spiro atoms. The summed E-state index contributed by atoms with van der Waals surface area (Å²) in [5, 5.41) is 10.1. The zero-order valence-corrected chi connectivity index (χ0v) is 13.7. The van der Waals surface area contributed by atoms with E-state index in [4.69, 9.17) is 4.74 Å². The monoisotopic (exact) mass is 329 g/mol. The Hall–Kier alpha value is -0.580. The van der Waals surface area contributed by atoms with E-state index in [0.717, 1.165) is 10.2 Å². The summed E-state index contributed by atoms with van der Waals surface area (Å²) in [6, 6.07) is 8.50. The smallest absolute Gasteiger partial charge is 0.133 e. The fraction of sp³-hybridized carbons (Fsp3) is 0.600. The second kappa shape index (κ2) is 7.88. The van der Waals surface area contributed by atoms with E-state index in [1.54, 1.807) is 0 Å². The van der Waals surface area contributed by atoms with Gasteiger partial charge in [0.05, 0.1) is 4.47 Å². The highest BCUT2D eigenvalue weighted by Crippen LogP contribution is 2.23. The lowest BCUT2D eigenvalue weighted by Crippen LogP contribution is -2.43. The van der Waals surface area contributed by atoms with Gasteiger partial charge in [-0.3, -0.25) is 4.90 Å². The van der Waals surface area contributed by atoms with Crippen molar-refractivity contribution < 1.29 is 9.84 Å². The highest BCUT2D eigenvalue weighted by atomic mass is 79.9. The number of hydrogen-bond acceptors (Lipinski definition) is 3. The lowest BCUT2D eigenvalue weighted by Gasteiger charge is -2.32. The van der Waals surface area contributed by atoms with Crippen molar-refractivity contribution in [3.05, 3.63) is 28.7 Å². The topological polar surface area (TPSA) is 32.7 Å². The minimum absolute atomic E-state index is 0.304. The third-order valence-corrected chi connectivity index (χ3v) is 3.67. The average Bonchev–Trinajstić information content (AvgIpc) is 2.34. The first-order valence-electron chi connectivity index (χ1n) is 6.73. The van der Waals surface area contributed by atoms with Gasteiger partial charge in [-0.05, 0) is 55.8 Å². The number of halogens is 1. The largest absolute Gasteiger partial charge is 0.490 e. The third kappa shape index (κ3) is 5.51. The minimum Gasteiger partial charge on any atom is -0.490 e. The molecule has 0 fully saturated rings. The molecule has 0 amide bonds. The summed E-state index contributed by atoms with van der Waals surface area (Å²) in [5.74, 6) is 0.766. The second-order valence-corrected chi connectivity index (χ2v) is 6.13. The number of benzene rings is 1. The van der Waals surface area contributed by atoms with Gasteiger partial charge in [-0.15, -0.1) is 0 Å². The van der Waals surface area contributed by atoms with Gasteiger partial charge >= 0.3 is 0 Å². The Morgan fingerprint density at radius 1 is 1.16 bits per heavy atom. The van der Waals surface area contributed by atoms with E-state index in [0.29, 0.717) is 25.2 Å². The van der Waals surface area contributed by atoms with Crippen LogP contribution in [0.25, 0.3) is 0 Å². The molecule has 1 aromatic rings. The Labute approximate surface area is 124 Å². The molecule has 0 aliphatic heterocycles. The SMILES string of the molecule is CC(C)N(C[C@@H](O)COc1ccccc1Br)C(C)C. The van der Waals surface area contributed by atoms with Crippen LogP contribution in [-0.2, 0) is 0 Å². The molecule has 19 heavy (non-hydrogen) atoms. The number of aliphatic hydroxyl groups is 1. The van der Waals surface area contributed by atoms with Crippen molar-refractivity contribution in [1.29, 1.82) is 0 Å². The molecule has 0 radical (unpaired) electrons. The van der Waals surface area contributed by atoms with Gasteiger partial charge in [0, 0.05) is 18.6 Å². The van der Waals surface area contributed by atoms with Crippen molar-refractivity contribution in [2.24, 2.45) is 0 Å². The van der Waals surface area contributed by atoms with Crippen LogP contribution in [0.2, 0.25) is 0 Å². The molecule has 0 aliphatic carbocycles. The molecule has 108 valence electrons. The highest BCUT2D eigenvalue weighted by molar-refractivity contribution is 9.10. The van der Waals surface area contributed by atoms with E-state index >= 15 is 0 Å². The second-order valence-electron chi connectivity index (χ2n) is 5.28. The van der Waals surface area contributed by atoms with Gasteiger partial charge in [0.15, 0.2) is 0 Å². The van der Waals surface area contributed by atoms with Crippen molar-refractivity contribution in [3.8, 4) is 5.75 Å². The molecule has 0 bridgehead atoms. The lowest BCUT2D eigenvalue weighted by molar-refractivity contribution is 0.0443. The van der Waals surface area contributed by atoms with Crippen LogP contribution in [0.3, 0.4) is 0 Å². The third-order valence-electron chi connectivity index (χ3n) is 3.02. The Bertz CT molecular complexity index is 374. The molecule has 0 aromatic heterocycles. The van der Waals surface area contributed by atoms with Crippen LogP contribution in [0.4, 0.5) is 0 Å². The first-order chi connectivity index (χ1) is 8.91. The Kier molecular flexibility index (Phi) is 6.83. The van der Waals surface area contributed by atoms with E-state index in [-0.39, 0.29) is 0 Å². The molecular weight excluding hydrogens is 306 g/mol. The molecule has 4 heteroatoms. The molecule has 0 unspecified atom stereocenters. The van der Waals surface area contributed by atoms with E-state index in [2.05, 4.69) is 48.5 Å². The summed E-state index contributed by atoms with van der Waals surface area (Å²) < 4.78 is 6.54. The van der Waals surface area contributed by atoms with Gasteiger partial charge in [0.25, 0.3) is 0 Å². The van der Waals surface area contributed by atoms with Crippen molar-refractivity contribution in [2.45, 2.75) is 45.9 Å². The van der Waals surface area contributed by atoms with Gasteiger partial charge in [0.2, 0.25) is 0 Å². The van der Waals surface area contributed by atoms with E-state index < -0.39 is 6.10 Å². The fourth-order valence-corrected chi connectivity index (χ4v) is 2.46. The van der Waals surface area contributed by atoms with Crippen molar-refractivity contribution >= 4 is 15.9 Å². The van der Waals surface area contributed by atoms with Gasteiger partial charge in [-0.25, -0.2) is 0 Å². The minimum atomic E-state index is -0.489. The predicted molar refractivity (Wildman–Crippen MR) is 82.6 cm³/mol. The number of aliphatic hydroxyl groups excluding tert-OH is 1. The Balaban J connectivity index is 2.47. The van der Waals surface area contributed by atoms with Crippen LogP contribution in [0.1, 0.15) is 27.7 Å². The van der Waals surface area contributed by atoms with Crippen LogP contribution >= 0.6 is 15.9 Å². The molecule has 1 rings (SSSR count). The van der Waals surface area contributed by atoms with E-state index in [1.165, 1.54) is 0 Å². The summed E-state index contributed by atoms with van der Waals surface area (Å²) in [4.78, 5) is 2.26. The molecular formula is C15H24BrNO2. The summed E-state index contributed by atoms with van der Waals surface area (Å²) in [6.45, 7) is 9.49. The number of nitrogens with zero attached hydrogens (tertiary/aromatic N) is 1. The standard InChI is InChI=1S/C15H24BrNO2/c1-11(2)17(12(3)4)9-13(18)10-19-15-8-6-5-7-14(15)16/h5-8,11-13,18H,9-10H2,1-4H3/t13-/m1/s1. The zero-order chi connectivity index (χ0) is 14.4. The molecule has 3 nitrogen and oxygen atoms in total. The number of ether oxygens (including phenoxy) is 1. The summed E-state index contributed by atoms with van der Waals surface area (Å²) in [7, 11) is 0.